The minimum atomic E-state index is 0.539. The molecule has 0 aliphatic carbocycles. The molecule has 2 N–H and O–H groups in total. The van der Waals surface area contributed by atoms with E-state index in [9.17, 15) is 0 Å². The second-order valence-electron chi connectivity index (χ2n) is 6.80. The largest absolute Gasteiger partial charge is 0.314 e. The second kappa shape index (κ2) is 11.0. The van der Waals surface area contributed by atoms with Gasteiger partial charge in [-0.3, -0.25) is 0 Å². The van der Waals surface area contributed by atoms with Crippen molar-refractivity contribution in [3.05, 3.63) is 71.8 Å². The van der Waals surface area contributed by atoms with Crippen molar-refractivity contribution in [2.45, 2.75) is 51.6 Å². The summed E-state index contributed by atoms with van der Waals surface area (Å²) in [6, 6.07) is 22.5. The maximum absolute atomic E-state index is 3.63. The highest BCUT2D eigenvalue weighted by Gasteiger charge is 2.03. The summed E-state index contributed by atoms with van der Waals surface area (Å²) >= 11 is 0. The lowest BCUT2D eigenvalue weighted by Gasteiger charge is -2.15. The zero-order chi connectivity index (χ0) is 17.0. The molecule has 2 aromatic carbocycles. The number of hydrogen-bond acceptors (Lipinski definition) is 2. The van der Waals surface area contributed by atoms with Crippen molar-refractivity contribution in [1.29, 1.82) is 0 Å². The molecule has 0 aliphatic rings. The van der Waals surface area contributed by atoms with E-state index >= 15 is 0 Å². The van der Waals surface area contributed by atoms with Crippen LogP contribution in [0.15, 0.2) is 60.7 Å². The smallest absolute Gasteiger partial charge is 0.00791 e. The van der Waals surface area contributed by atoms with E-state index in [2.05, 4.69) is 85.1 Å². The van der Waals surface area contributed by atoms with Crippen molar-refractivity contribution < 1.29 is 0 Å². The van der Waals surface area contributed by atoms with Crippen LogP contribution in [0.4, 0.5) is 0 Å². The first-order valence-electron chi connectivity index (χ1n) is 9.28. The molecular formula is C22H32N2. The van der Waals surface area contributed by atoms with Gasteiger partial charge in [-0.25, -0.2) is 0 Å². The molecule has 0 spiro atoms. The molecule has 0 saturated carbocycles. The molecule has 0 aliphatic heterocycles. The molecule has 0 amide bonds. The summed E-state index contributed by atoms with van der Waals surface area (Å²) in [5.41, 5.74) is 2.82. The van der Waals surface area contributed by atoms with Gasteiger partial charge in [0, 0.05) is 12.1 Å². The van der Waals surface area contributed by atoms with Crippen LogP contribution in [-0.4, -0.2) is 25.2 Å². The molecule has 0 radical (unpaired) electrons. The standard InChI is InChI=1S/C22H32N2/c1-19(17-21-11-5-3-6-12-21)23-15-9-10-16-24-20(2)18-22-13-7-4-8-14-22/h3-8,11-14,19-20,23-24H,9-10,15-18H2,1-2H3/t19-,20-/m1/s1. The fourth-order valence-corrected chi connectivity index (χ4v) is 3.03. The van der Waals surface area contributed by atoms with Crippen LogP contribution in [0.2, 0.25) is 0 Å². The van der Waals surface area contributed by atoms with Gasteiger partial charge in [0.1, 0.15) is 0 Å². The van der Waals surface area contributed by atoms with Gasteiger partial charge in [0.25, 0.3) is 0 Å². The maximum atomic E-state index is 3.63. The highest BCUT2D eigenvalue weighted by Crippen LogP contribution is 2.04. The highest BCUT2D eigenvalue weighted by molar-refractivity contribution is 5.16. The Morgan fingerprint density at radius 1 is 0.625 bits per heavy atom. The Kier molecular flexibility index (Phi) is 8.58. The molecule has 0 fully saturated rings. The van der Waals surface area contributed by atoms with E-state index in [-0.39, 0.29) is 0 Å². The van der Waals surface area contributed by atoms with Crippen LogP contribution in [0.3, 0.4) is 0 Å². The molecular weight excluding hydrogens is 292 g/mol. The number of unbranched alkanes of at least 4 members (excludes halogenated alkanes) is 1. The normalized spacial score (nSPS) is 13.6. The predicted molar refractivity (Wildman–Crippen MR) is 104 cm³/mol. The van der Waals surface area contributed by atoms with Gasteiger partial charge in [0.15, 0.2) is 0 Å². The average molecular weight is 325 g/mol. The van der Waals surface area contributed by atoms with Gasteiger partial charge in [0.05, 0.1) is 0 Å². The van der Waals surface area contributed by atoms with E-state index in [1.807, 2.05) is 0 Å². The number of rotatable bonds is 11. The summed E-state index contributed by atoms with van der Waals surface area (Å²) in [6.45, 7) is 6.74. The topological polar surface area (TPSA) is 24.1 Å². The molecule has 0 bridgehead atoms. The summed E-state index contributed by atoms with van der Waals surface area (Å²) < 4.78 is 0. The van der Waals surface area contributed by atoms with Gasteiger partial charge in [-0.2, -0.15) is 0 Å². The third-order valence-electron chi connectivity index (χ3n) is 4.36. The summed E-state index contributed by atoms with van der Waals surface area (Å²) in [7, 11) is 0. The van der Waals surface area contributed by atoms with Crippen molar-refractivity contribution in [3.63, 3.8) is 0 Å². The molecule has 2 heteroatoms. The number of nitrogens with one attached hydrogen (secondary N) is 2. The van der Waals surface area contributed by atoms with Crippen LogP contribution in [0.1, 0.15) is 37.8 Å². The van der Waals surface area contributed by atoms with Crippen molar-refractivity contribution in [2.75, 3.05) is 13.1 Å². The van der Waals surface area contributed by atoms with Crippen molar-refractivity contribution in [2.24, 2.45) is 0 Å². The molecule has 24 heavy (non-hydrogen) atoms. The van der Waals surface area contributed by atoms with Crippen LogP contribution in [0, 0.1) is 0 Å². The van der Waals surface area contributed by atoms with E-state index in [1.165, 1.54) is 24.0 Å². The molecule has 0 aromatic heterocycles. The maximum Gasteiger partial charge on any atom is 0.00791 e. The third kappa shape index (κ3) is 7.76. The first-order chi connectivity index (χ1) is 11.7. The Bertz CT molecular complexity index is 487. The first kappa shape index (κ1) is 18.7. The van der Waals surface area contributed by atoms with E-state index in [4.69, 9.17) is 0 Å². The average Bonchev–Trinajstić information content (AvgIpc) is 2.60. The summed E-state index contributed by atoms with van der Waals surface area (Å²) in [5.74, 6) is 0. The first-order valence-corrected chi connectivity index (χ1v) is 9.28. The van der Waals surface area contributed by atoms with Crippen LogP contribution in [0.25, 0.3) is 0 Å². The SMILES string of the molecule is C[C@H](Cc1ccccc1)NCCCCN[C@H](C)Cc1ccccc1. The monoisotopic (exact) mass is 324 g/mol. The lowest BCUT2D eigenvalue weighted by Crippen LogP contribution is -2.31. The quantitative estimate of drug-likeness (QED) is 0.605. The van der Waals surface area contributed by atoms with Gasteiger partial charge in [-0.1, -0.05) is 60.7 Å². The lowest BCUT2D eigenvalue weighted by atomic mass is 10.1. The van der Waals surface area contributed by atoms with Gasteiger partial charge in [0.2, 0.25) is 0 Å². The Labute approximate surface area is 147 Å². The Morgan fingerprint density at radius 2 is 1.00 bits per heavy atom. The minimum absolute atomic E-state index is 0.539. The molecule has 0 unspecified atom stereocenters. The van der Waals surface area contributed by atoms with E-state index in [1.54, 1.807) is 0 Å². The van der Waals surface area contributed by atoms with E-state index in [0.717, 1.165) is 25.9 Å². The minimum Gasteiger partial charge on any atom is -0.314 e. The highest BCUT2D eigenvalue weighted by atomic mass is 14.9. The van der Waals surface area contributed by atoms with E-state index < -0.39 is 0 Å². The van der Waals surface area contributed by atoms with Gasteiger partial charge < -0.3 is 10.6 Å². The second-order valence-corrected chi connectivity index (χ2v) is 6.80. The molecule has 130 valence electrons. The lowest BCUT2D eigenvalue weighted by molar-refractivity contribution is 0.492. The summed E-state index contributed by atoms with van der Waals surface area (Å²) in [6.07, 6.45) is 4.66. The van der Waals surface area contributed by atoms with Crippen LogP contribution in [0.5, 0.6) is 0 Å². The number of benzene rings is 2. The Hall–Kier alpha value is -1.64. The summed E-state index contributed by atoms with van der Waals surface area (Å²) in [4.78, 5) is 0. The molecule has 2 nitrogen and oxygen atoms in total. The van der Waals surface area contributed by atoms with Gasteiger partial charge in [-0.05, 0) is 63.7 Å². The van der Waals surface area contributed by atoms with Crippen molar-refractivity contribution >= 4 is 0 Å². The predicted octanol–water partition coefficient (Wildman–Crippen LogP) is 4.21. The zero-order valence-corrected chi connectivity index (χ0v) is 15.2. The van der Waals surface area contributed by atoms with Crippen molar-refractivity contribution in [1.82, 2.24) is 10.6 Å². The molecule has 2 aromatic rings. The van der Waals surface area contributed by atoms with Crippen LogP contribution < -0.4 is 10.6 Å². The van der Waals surface area contributed by atoms with Gasteiger partial charge in [-0.15, -0.1) is 0 Å². The Balaban J connectivity index is 1.49. The Morgan fingerprint density at radius 3 is 1.38 bits per heavy atom. The third-order valence-corrected chi connectivity index (χ3v) is 4.36. The van der Waals surface area contributed by atoms with Gasteiger partial charge >= 0.3 is 0 Å². The van der Waals surface area contributed by atoms with E-state index in [0.29, 0.717) is 12.1 Å². The van der Waals surface area contributed by atoms with Crippen molar-refractivity contribution in [3.8, 4) is 0 Å². The fourth-order valence-electron chi connectivity index (χ4n) is 3.03. The van der Waals surface area contributed by atoms with Crippen LogP contribution in [-0.2, 0) is 12.8 Å². The van der Waals surface area contributed by atoms with Crippen LogP contribution >= 0.6 is 0 Å². The molecule has 0 saturated heterocycles. The zero-order valence-electron chi connectivity index (χ0n) is 15.2. The number of hydrogen-bond donors (Lipinski definition) is 2. The molecule has 0 heterocycles. The fraction of sp³-hybridized carbons (Fsp3) is 0.455. The molecule has 2 atom stereocenters. The molecule has 2 rings (SSSR count). The summed E-state index contributed by atoms with van der Waals surface area (Å²) in [5, 5.41) is 7.26.